The van der Waals surface area contributed by atoms with Crippen molar-refractivity contribution in [2.24, 2.45) is 0 Å². The van der Waals surface area contributed by atoms with E-state index in [0.29, 0.717) is 21.6 Å². The molecule has 2 aromatic carbocycles. The quantitative estimate of drug-likeness (QED) is 0.218. The molecule has 0 aliphatic carbocycles. The van der Waals surface area contributed by atoms with Gasteiger partial charge in [-0.25, -0.2) is 4.79 Å². The number of carbonyl (C=O) groups excluding carboxylic acids is 2. The summed E-state index contributed by atoms with van der Waals surface area (Å²) < 4.78 is 16.6. The topological polar surface area (TPSA) is 69.0 Å². The Balaban J connectivity index is 1.59. The van der Waals surface area contributed by atoms with Gasteiger partial charge in [-0.05, 0) is 55.0 Å². The molecule has 0 spiro atoms. The SMILES string of the molecule is CCOc1cc(/C=C2\SC(=S)N(c3ccccc3)C2=O)ccc1OC(=O)c1ccco1. The second-order valence-electron chi connectivity index (χ2n) is 6.36. The van der Waals surface area contributed by atoms with Crippen molar-refractivity contribution in [2.45, 2.75) is 6.92 Å². The van der Waals surface area contributed by atoms with Crippen LogP contribution in [-0.2, 0) is 4.79 Å². The molecular weight excluding hydrogens is 434 g/mol. The van der Waals surface area contributed by atoms with Gasteiger partial charge in [-0.2, -0.15) is 0 Å². The molecule has 1 saturated heterocycles. The average Bonchev–Trinajstić information content (AvgIpc) is 3.39. The van der Waals surface area contributed by atoms with Crippen molar-refractivity contribution in [3.8, 4) is 11.5 Å². The number of anilines is 1. The van der Waals surface area contributed by atoms with Crippen molar-refractivity contribution in [1.82, 2.24) is 0 Å². The molecule has 0 N–H and O–H groups in total. The molecule has 1 aliphatic rings. The van der Waals surface area contributed by atoms with Gasteiger partial charge in [0.15, 0.2) is 15.8 Å². The summed E-state index contributed by atoms with van der Waals surface area (Å²) in [4.78, 5) is 27.1. The highest BCUT2D eigenvalue weighted by atomic mass is 32.2. The van der Waals surface area contributed by atoms with E-state index >= 15 is 0 Å². The molecule has 8 heteroatoms. The number of hydrogen-bond donors (Lipinski definition) is 0. The molecule has 1 amide bonds. The minimum absolute atomic E-state index is 0.0936. The van der Waals surface area contributed by atoms with Gasteiger partial charge >= 0.3 is 5.97 Å². The van der Waals surface area contributed by atoms with Gasteiger partial charge in [0, 0.05) is 0 Å². The third-order valence-corrected chi connectivity index (χ3v) is 5.60. The lowest BCUT2D eigenvalue weighted by atomic mass is 10.1. The Labute approximate surface area is 188 Å². The van der Waals surface area contributed by atoms with E-state index in [0.717, 1.165) is 11.3 Å². The minimum Gasteiger partial charge on any atom is -0.490 e. The number of thioether (sulfide) groups is 1. The van der Waals surface area contributed by atoms with Crippen LogP contribution < -0.4 is 14.4 Å². The maximum Gasteiger partial charge on any atom is 0.379 e. The molecule has 3 aromatic rings. The van der Waals surface area contributed by atoms with E-state index in [1.54, 1.807) is 30.3 Å². The molecule has 0 radical (unpaired) electrons. The van der Waals surface area contributed by atoms with Gasteiger partial charge < -0.3 is 13.9 Å². The van der Waals surface area contributed by atoms with Crippen molar-refractivity contribution < 1.29 is 23.5 Å². The highest BCUT2D eigenvalue weighted by molar-refractivity contribution is 8.27. The molecule has 6 nitrogen and oxygen atoms in total. The van der Waals surface area contributed by atoms with Crippen molar-refractivity contribution in [3.63, 3.8) is 0 Å². The number of nitrogens with zero attached hydrogens (tertiary/aromatic N) is 1. The van der Waals surface area contributed by atoms with Crippen LogP contribution in [0.15, 0.2) is 76.2 Å². The van der Waals surface area contributed by atoms with Crippen molar-refractivity contribution in [2.75, 3.05) is 11.5 Å². The Hall–Kier alpha value is -3.36. The summed E-state index contributed by atoms with van der Waals surface area (Å²) >= 11 is 6.64. The Morgan fingerprint density at radius 2 is 1.94 bits per heavy atom. The third kappa shape index (κ3) is 4.55. The number of hydrogen-bond acceptors (Lipinski definition) is 7. The molecule has 0 unspecified atom stereocenters. The summed E-state index contributed by atoms with van der Waals surface area (Å²) in [6.07, 6.45) is 3.14. The first-order valence-corrected chi connectivity index (χ1v) is 10.6. The van der Waals surface area contributed by atoms with Gasteiger partial charge in [-0.15, -0.1) is 0 Å². The molecule has 2 heterocycles. The molecule has 0 bridgehead atoms. The first-order valence-electron chi connectivity index (χ1n) is 9.42. The van der Waals surface area contributed by atoms with Gasteiger partial charge in [0.25, 0.3) is 5.91 Å². The van der Waals surface area contributed by atoms with Crippen LogP contribution in [0.1, 0.15) is 23.0 Å². The number of thiocarbonyl (C=S) groups is 1. The number of para-hydroxylation sites is 1. The fraction of sp³-hybridized carbons (Fsp3) is 0.0870. The Bertz CT molecular complexity index is 1160. The Morgan fingerprint density at radius 1 is 1.13 bits per heavy atom. The van der Waals surface area contributed by atoms with Crippen LogP contribution in [0.3, 0.4) is 0 Å². The second-order valence-corrected chi connectivity index (χ2v) is 8.03. The van der Waals surface area contributed by atoms with Gasteiger partial charge in [-0.1, -0.05) is 48.2 Å². The van der Waals surface area contributed by atoms with Gasteiger partial charge in [-0.3, -0.25) is 9.69 Å². The van der Waals surface area contributed by atoms with E-state index < -0.39 is 5.97 Å². The predicted octanol–water partition coefficient (Wildman–Crippen LogP) is 5.30. The number of rotatable bonds is 6. The van der Waals surface area contributed by atoms with E-state index in [1.165, 1.54) is 29.0 Å². The van der Waals surface area contributed by atoms with Crippen molar-refractivity contribution >= 4 is 51.9 Å². The zero-order chi connectivity index (χ0) is 21.8. The fourth-order valence-electron chi connectivity index (χ4n) is 2.93. The Morgan fingerprint density at radius 3 is 2.65 bits per heavy atom. The highest BCUT2D eigenvalue weighted by Crippen LogP contribution is 2.37. The molecule has 156 valence electrons. The van der Waals surface area contributed by atoms with Gasteiger partial charge in [0.05, 0.1) is 23.5 Å². The highest BCUT2D eigenvalue weighted by Gasteiger charge is 2.33. The molecule has 31 heavy (non-hydrogen) atoms. The lowest BCUT2D eigenvalue weighted by Crippen LogP contribution is -2.27. The first kappa shape index (κ1) is 20.9. The molecule has 1 fully saturated rings. The normalized spacial score (nSPS) is 14.9. The standard InChI is InChI=1S/C23H17NO5S2/c1-2-27-19-13-15(10-11-17(19)29-22(26)18-9-6-12-28-18)14-20-21(25)24(23(30)31-20)16-7-4-3-5-8-16/h3-14H,2H2,1H3/b20-14-. The smallest absolute Gasteiger partial charge is 0.379 e. The molecule has 4 rings (SSSR count). The molecule has 0 atom stereocenters. The summed E-state index contributed by atoms with van der Waals surface area (Å²) in [6.45, 7) is 2.21. The lowest BCUT2D eigenvalue weighted by Gasteiger charge is -2.13. The van der Waals surface area contributed by atoms with Gasteiger partial charge in [0.1, 0.15) is 0 Å². The summed E-state index contributed by atoms with van der Waals surface area (Å²) in [5, 5.41) is 0. The maximum absolute atomic E-state index is 12.9. The zero-order valence-electron chi connectivity index (χ0n) is 16.4. The number of esters is 1. The van der Waals surface area contributed by atoms with Crippen LogP contribution in [0, 0.1) is 0 Å². The minimum atomic E-state index is -0.623. The number of carbonyl (C=O) groups is 2. The summed E-state index contributed by atoms with van der Waals surface area (Å²) in [5.41, 5.74) is 1.44. The van der Waals surface area contributed by atoms with Crippen molar-refractivity contribution in [3.05, 3.63) is 83.2 Å². The maximum atomic E-state index is 12.9. The van der Waals surface area contributed by atoms with E-state index in [2.05, 4.69) is 0 Å². The fourth-order valence-corrected chi connectivity index (χ4v) is 4.23. The number of furan rings is 1. The molecule has 1 aliphatic heterocycles. The summed E-state index contributed by atoms with van der Waals surface area (Å²) in [7, 11) is 0. The van der Waals surface area contributed by atoms with E-state index in [1.807, 2.05) is 37.3 Å². The van der Waals surface area contributed by atoms with Crippen LogP contribution in [0.25, 0.3) is 6.08 Å². The van der Waals surface area contributed by atoms with E-state index in [4.69, 9.17) is 26.1 Å². The van der Waals surface area contributed by atoms with Crippen LogP contribution in [0.2, 0.25) is 0 Å². The molecule has 1 aromatic heterocycles. The number of benzene rings is 2. The number of amides is 1. The van der Waals surface area contributed by atoms with Crippen LogP contribution in [0.4, 0.5) is 5.69 Å². The van der Waals surface area contributed by atoms with Crippen LogP contribution >= 0.6 is 24.0 Å². The van der Waals surface area contributed by atoms with Crippen LogP contribution in [-0.4, -0.2) is 22.8 Å². The number of ether oxygens (including phenoxy) is 2. The summed E-state index contributed by atoms with van der Waals surface area (Å²) in [5.74, 6) is -0.0713. The molecule has 0 saturated carbocycles. The van der Waals surface area contributed by atoms with E-state index in [9.17, 15) is 9.59 Å². The lowest BCUT2D eigenvalue weighted by molar-refractivity contribution is -0.113. The predicted molar refractivity (Wildman–Crippen MR) is 123 cm³/mol. The summed E-state index contributed by atoms with van der Waals surface area (Å²) in [6, 6.07) is 17.5. The molecular formula is C23H17NO5S2. The van der Waals surface area contributed by atoms with Crippen molar-refractivity contribution in [1.29, 1.82) is 0 Å². The van der Waals surface area contributed by atoms with Crippen LogP contribution in [0.5, 0.6) is 11.5 Å². The monoisotopic (exact) mass is 451 g/mol. The first-order chi connectivity index (χ1) is 15.1. The average molecular weight is 452 g/mol. The van der Waals surface area contributed by atoms with Gasteiger partial charge in [0.2, 0.25) is 5.76 Å². The zero-order valence-corrected chi connectivity index (χ0v) is 18.1. The third-order valence-electron chi connectivity index (χ3n) is 4.30. The second kappa shape index (κ2) is 9.20. The van der Waals surface area contributed by atoms with E-state index in [-0.39, 0.29) is 17.4 Å². The largest absolute Gasteiger partial charge is 0.490 e. The Kier molecular flexibility index (Phi) is 6.20.